The number of halogens is 1. The number of carbonyl (C=O) groups excluding carboxylic acids is 1. The molecule has 0 aliphatic carbocycles. The van der Waals surface area contributed by atoms with Crippen LogP contribution in [0.5, 0.6) is 0 Å². The second-order valence-corrected chi connectivity index (χ2v) is 6.40. The summed E-state index contributed by atoms with van der Waals surface area (Å²) in [6.45, 7) is 0.438. The van der Waals surface area contributed by atoms with Crippen LogP contribution in [0.15, 0.2) is 53.4 Å². The summed E-state index contributed by atoms with van der Waals surface area (Å²) in [5, 5.41) is 0.432. The summed E-state index contributed by atoms with van der Waals surface area (Å²) in [6, 6.07) is 14.3. The van der Waals surface area contributed by atoms with Gasteiger partial charge in [0.1, 0.15) is 0 Å². The average Bonchev–Trinajstić information content (AvgIpc) is 2.48. The van der Waals surface area contributed by atoms with Crippen LogP contribution in [0, 0.1) is 0 Å². The maximum atomic E-state index is 12.6. The molecule has 3 rings (SSSR count). The van der Waals surface area contributed by atoms with Crippen molar-refractivity contribution >= 4 is 34.0 Å². The van der Waals surface area contributed by atoms with Crippen LogP contribution in [0.1, 0.15) is 10.4 Å². The molecule has 5 heteroatoms. The van der Waals surface area contributed by atoms with Gasteiger partial charge in [-0.2, -0.15) is 0 Å². The van der Waals surface area contributed by atoms with Gasteiger partial charge in [0.15, 0.2) is 0 Å². The minimum absolute atomic E-state index is 0.153. The number of para-hydroxylation sites is 1. The van der Waals surface area contributed by atoms with Gasteiger partial charge in [0, 0.05) is 12.3 Å². The first-order valence-corrected chi connectivity index (χ1v) is 7.92. The first-order chi connectivity index (χ1) is 9.68. The number of rotatable bonds is 1. The molecule has 1 unspecified atom stereocenters. The lowest BCUT2D eigenvalue weighted by molar-refractivity contribution is 0.0988. The Morgan fingerprint density at radius 1 is 1.10 bits per heavy atom. The van der Waals surface area contributed by atoms with Crippen LogP contribution in [0.2, 0.25) is 5.02 Å². The van der Waals surface area contributed by atoms with Crippen molar-refractivity contribution in [3.05, 3.63) is 59.1 Å². The van der Waals surface area contributed by atoms with Crippen LogP contribution in [-0.4, -0.2) is 22.4 Å². The summed E-state index contributed by atoms with van der Waals surface area (Å²) in [7, 11) is -1.04. The van der Waals surface area contributed by atoms with Crippen LogP contribution in [0.25, 0.3) is 0 Å². The molecule has 3 nitrogen and oxygen atoms in total. The second-order valence-electron chi connectivity index (χ2n) is 4.45. The van der Waals surface area contributed by atoms with Crippen molar-refractivity contribution in [1.29, 1.82) is 0 Å². The van der Waals surface area contributed by atoms with Gasteiger partial charge in [-0.15, -0.1) is 0 Å². The van der Waals surface area contributed by atoms with Gasteiger partial charge in [0.25, 0.3) is 5.91 Å². The largest absolute Gasteiger partial charge is 0.306 e. The van der Waals surface area contributed by atoms with E-state index in [1.54, 1.807) is 35.2 Å². The maximum absolute atomic E-state index is 12.6. The fourth-order valence-electron chi connectivity index (χ4n) is 2.27. The van der Waals surface area contributed by atoms with E-state index >= 15 is 0 Å². The molecule has 1 aliphatic rings. The molecule has 20 heavy (non-hydrogen) atoms. The highest BCUT2D eigenvalue weighted by Crippen LogP contribution is 2.30. The zero-order valence-electron chi connectivity index (χ0n) is 10.6. The van der Waals surface area contributed by atoms with E-state index in [1.807, 2.05) is 18.2 Å². The Morgan fingerprint density at radius 3 is 2.60 bits per heavy atom. The molecule has 0 bridgehead atoms. The molecule has 0 saturated heterocycles. The first-order valence-electron chi connectivity index (χ1n) is 6.22. The lowest BCUT2D eigenvalue weighted by atomic mass is 10.1. The van der Waals surface area contributed by atoms with Gasteiger partial charge in [0.2, 0.25) is 0 Å². The highest BCUT2D eigenvalue weighted by Gasteiger charge is 2.27. The van der Waals surface area contributed by atoms with E-state index in [2.05, 4.69) is 0 Å². The summed E-state index contributed by atoms with van der Waals surface area (Å²) >= 11 is 6.09. The molecule has 2 aromatic carbocycles. The summed E-state index contributed by atoms with van der Waals surface area (Å²) in [4.78, 5) is 15.0. The lowest BCUT2D eigenvalue weighted by Crippen LogP contribution is -2.38. The quantitative estimate of drug-likeness (QED) is 0.812. The van der Waals surface area contributed by atoms with E-state index in [1.165, 1.54) is 0 Å². The fraction of sp³-hybridized carbons (Fsp3) is 0.133. The Hall–Kier alpha value is -1.65. The van der Waals surface area contributed by atoms with Crippen molar-refractivity contribution in [2.24, 2.45) is 0 Å². The third-order valence-corrected chi connectivity index (χ3v) is 4.97. The average molecular weight is 306 g/mol. The van der Waals surface area contributed by atoms with Gasteiger partial charge in [-0.1, -0.05) is 35.9 Å². The standard InChI is InChI=1S/C15H12ClNO2S/c16-12-6-2-1-5-11(12)15(18)17-9-10-20(19)14-8-4-3-7-13(14)17/h1-8H,9-10H2. The van der Waals surface area contributed by atoms with Crippen molar-refractivity contribution < 1.29 is 9.00 Å². The van der Waals surface area contributed by atoms with Gasteiger partial charge in [-0.05, 0) is 24.3 Å². The predicted molar refractivity (Wildman–Crippen MR) is 80.8 cm³/mol. The Bertz CT molecular complexity index is 702. The monoisotopic (exact) mass is 305 g/mol. The normalized spacial score (nSPS) is 17.6. The second kappa shape index (κ2) is 5.38. The Kier molecular flexibility index (Phi) is 3.59. The minimum Gasteiger partial charge on any atom is -0.306 e. The summed E-state index contributed by atoms with van der Waals surface area (Å²) in [6.07, 6.45) is 0. The molecule has 1 atom stereocenters. The van der Waals surface area contributed by atoms with Crippen LogP contribution in [0.3, 0.4) is 0 Å². The maximum Gasteiger partial charge on any atom is 0.259 e. The number of benzene rings is 2. The van der Waals surface area contributed by atoms with Gasteiger partial charge < -0.3 is 4.90 Å². The molecule has 0 N–H and O–H groups in total. The Morgan fingerprint density at radius 2 is 1.80 bits per heavy atom. The molecule has 0 radical (unpaired) electrons. The Labute approximate surface area is 124 Å². The number of hydrogen-bond acceptors (Lipinski definition) is 2. The Balaban J connectivity index is 2.04. The van der Waals surface area contributed by atoms with Crippen molar-refractivity contribution in [1.82, 2.24) is 0 Å². The van der Waals surface area contributed by atoms with E-state index in [0.29, 0.717) is 33.5 Å². The van der Waals surface area contributed by atoms with E-state index in [4.69, 9.17) is 11.6 Å². The van der Waals surface area contributed by atoms with Gasteiger partial charge in [-0.25, -0.2) is 0 Å². The molecule has 1 amide bonds. The van der Waals surface area contributed by atoms with Crippen molar-refractivity contribution in [2.45, 2.75) is 4.90 Å². The summed E-state index contributed by atoms with van der Waals surface area (Å²) in [5.41, 5.74) is 1.18. The van der Waals surface area contributed by atoms with Crippen LogP contribution in [-0.2, 0) is 10.8 Å². The molecule has 0 fully saturated rings. The number of hydrogen-bond donors (Lipinski definition) is 0. The number of anilines is 1. The first kappa shape index (κ1) is 13.3. The molecule has 0 spiro atoms. The smallest absolute Gasteiger partial charge is 0.259 e. The molecule has 0 aromatic heterocycles. The highest BCUT2D eigenvalue weighted by atomic mass is 35.5. The molecular weight excluding hydrogens is 294 g/mol. The van der Waals surface area contributed by atoms with Gasteiger partial charge in [0.05, 0.1) is 32.0 Å². The number of amides is 1. The summed E-state index contributed by atoms with van der Waals surface area (Å²) < 4.78 is 12.0. The molecular formula is C15H12ClNO2S. The van der Waals surface area contributed by atoms with E-state index < -0.39 is 10.8 Å². The van der Waals surface area contributed by atoms with Gasteiger partial charge in [-0.3, -0.25) is 9.00 Å². The van der Waals surface area contributed by atoms with Gasteiger partial charge >= 0.3 is 0 Å². The number of carbonyl (C=O) groups is 1. The molecule has 102 valence electrons. The minimum atomic E-state index is -1.04. The topological polar surface area (TPSA) is 37.4 Å². The van der Waals surface area contributed by atoms with Crippen LogP contribution < -0.4 is 4.90 Å². The molecule has 1 heterocycles. The zero-order chi connectivity index (χ0) is 14.1. The predicted octanol–water partition coefficient (Wildman–Crippen LogP) is 3.11. The van der Waals surface area contributed by atoms with Crippen LogP contribution >= 0.6 is 11.6 Å². The van der Waals surface area contributed by atoms with Crippen molar-refractivity contribution in [3.63, 3.8) is 0 Å². The molecule has 2 aromatic rings. The van der Waals surface area contributed by atoms with E-state index in [9.17, 15) is 9.00 Å². The van der Waals surface area contributed by atoms with Crippen molar-refractivity contribution in [2.75, 3.05) is 17.2 Å². The van der Waals surface area contributed by atoms with E-state index in [0.717, 1.165) is 0 Å². The zero-order valence-corrected chi connectivity index (χ0v) is 12.2. The van der Waals surface area contributed by atoms with Crippen molar-refractivity contribution in [3.8, 4) is 0 Å². The fourth-order valence-corrected chi connectivity index (χ4v) is 3.69. The highest BCUT2D eigenvalue weighted by molar-refractivity contribution is 7.85. The summed E-state index contributed by atoms with van der Waals surface area (Å²) in [5.74, 6) is 0.299. The van der Waals surface area contributed by atoms with Crippen LogP contribution in [0.4, 0.5) is 5.69 Å². The van der Waals surface area contributed by atoms with E-state index in [-0.39, 0.29) is 5.91 Å². The molecule has 1 aliphatic heterocycles. The lowest BCUT2D eigenvalue weighted by Gasteiger charge is -2.29. The third kappa shape index (κ3) is 2.25. The number of nitrogens with zero attached hydrogens (tertiary/aromatic N) is 1. The molecule has 0 saturated carbocycles. The third-order valence-electron chi connectivity index (χ3n) is 3.25. The number of fused-ring (bicyclic) bond motifs is 1. The SMILES string of the molecule is O=C(c1ccccc1Cl)N1CCS(=O)c2ccccc21.